The zero-order chi connectivity index (χ0) is 26.6. The first-order valence-corrected chi connectivity index (χ1v) is 13.1. The maximum atomic E-state index is 12.6. The van der Waals surface area contributed by atoms with E-state index in [0.29, 0.717) is 37.7 Å². The van der Waals surface area contributed by atoms with Crippen LogP contribution in [0.3, 0.4) is 0 Å². The van der Waals surface area contributed by atoms with Gasteiger partial charge in [0.05, 0.1) is 6.61 Å². The highest BCUT2D eigenvalue weighted by Gasteiger charge is 2.38. The van der Waals surface area contributed by atoms with E-state index < -0.39 is 11.5 Å². The average molecular weight is 514 g/mol. The third-order valence-electron chi connectivity index (χ3n) is 5.68. The van der Waals surface area contributed by atoms with Crippen molar-refractivity contribution >= 4 is 35.4 Å². The Labute approximate surface area is 217 Å². The Bertz CT molecular complexity index is 1040. The fraction of sp³-hybridized carbons (Fsp3) is 0.429. The summed E-state index contributed by atoms with van der Waals surface area (Å²) in [4.78, 5) is 50.0. The molecule has 0 spiro atoms. The molecule has 0 aromatic heterocycles. The summed E-state index contributed by atoms with van der Waals surface area (Å²) in [6.45, 7) is 6.91. The second-order valence-corrected chi connectivity index (χ2v) is 9.59. The second-order valence-electron chi connectivity index (χ2n) is 8.44. The molecule has 1 N–H and O–H groups in total. The van der Waals surface area contributed by atoms with Crippen LogP contribution in [0.15, 0.2) is 58.3 Å². The number of rotatable bonds is 14. The quantitative estimate of drug-likeness (QED) is 0.276. The molecular formula is C28H35NO6S. The van der Waals surface area contributed by atoms with E-state index in [2.05, 4.69) is 5.32 Å². The highest BCUT2D eigenvalue weighted by atomic mass is 32.2. The molecule has 0 saturated carbocycles. The predicted molar refractivity (Wildman–Crippen MR) is 139 cm³/mol. The number of amides is 1. The molecule has 0 aliphatic heterocycles. The van der Waals surface area contributed by atoms with Gasteiger partial charge in [-0.3, -0.25) is 14.4 Å². The van der Waals surface area contributed by atoms with Crippen LogP contribution in [0, 0.1) is 0 Å². The van der Waals surface area contributed by atoms with Crippen LogP contribution in [0.4, 0.5) is 0 Å². The number of aryl methyl sites for hydroxylation is 1. The number of hydrogen-bond donors (Lipinski definition) is 1. The Morgan fingerprint density at radius 3 is 2.03 bits per heavy atom. The molecule has 1 unspecified atom stereocenters. The van der Waals surface area contributed by atoms with Crippen molar-refractivity contribution in [1.29, 1.82) is 0 Å². The molecule has 0 radical (unpaired) electrons. The monoisotopic (exact) mass is 513 g/mol. The average Bonchev–Trinajstić information content (AvgIpc) is 2.86. The van der Waals surface area contributed by atoms with Crippen LogP contribution in [0.5, 0.6) is 0 Å². The van der Waals surface area contributed by atoms with Gasteiger partial charge in [-0.25, -0.2) is 4.79 Å². The van der Waals surface area contributed by atoms with Gasteiger partial charge in [0.15, 0.2) is 12.4 Å². The van der Waals surface area contributed by atoms with Crippen LogP contribution in [-0.2, 0) is 30.3 Å². The number of hydrogen-bond acceptors (Lipinski definition) is 7. The van der Waals surface area contributed by atoms with E-state index in [1.807, 2.05) is 50.2 Å². The minimum atomic E-state index is -1.04. The number of nitrogens with one attached hydrogen (secondary N) is 1. The first-order valence-electron chi connectivity index (χ1n) is 12.2. The van der Waals surface area contributed by atoms with Crippen molar-refractivity contribution in [3.63, 3.8) is 0 Å². The van der Waals surface area contributed by atoms with Crippen molar-refractivity contribution in [2.75, 3.05) is 13.2 Å². The molecule has 1 atom stereocenters. The van der Waals surface area contributed by atoms with Crippen LogP contribution in [0.25, 0.3) is 0 Å². The normalized spacial score (nSPS) is 12.3. The van der Waals surface area contributed by atoms with Crippen molar-refractivity contribution in [1.82, 2.24) is 5.32 Å². The van der Waals surface area contributed by atoms with Gasteiger partial charge in [-0.2, -0.15) is 0 Å². The zero-order valence-electron chi connectivity index (χ0n) is 21.4. The molecule has 8 heteroatoms. The van der Waals surface area contributed by atoms with Crippen LogP contribution in [0.1, 0.15) is 69.3 Å². The van der Waals surface area contributed by atoms with Crippen molar-refractivity contribution in [3.05, 3.63) is 59.7 Å². The minimum absolute atomic E-state index is 0.231. The highest BCUT2D eigenvalue weighted by molar-refractivity contribution is 7.99. The Balaban J connectivity index is 1.97. The lowest BCUT2D eigenvalue weighted by Crippen LogP contribution is -2.54. The SMILES string of the molecule is CCCC(=O)OCC(=O)c1ccc(Sc2ccc(CCC(CC)(NC(C)=O)C(=O)OCC)cc2)cc1. The van der Waals surface area contributed by atoms with Gasteiger partial charge in [-0.05, 0) is 62.4 Å². The van der Waals surface area contributed by atoms with Gasteiger partial charge < -0.3 is 14.8 Å². The largest absolute Gasteiger partial charge is 0.464 e. The number of ketones is 1. The lowest BCUT2D eigenvalue weighted by atomic mass is 9.88. The molecule has 36 heavy (non-hydrogen) atoms. The molecule has 0 saturated heterocycles. The van der Waals surface area contributed by atoms with Crippen molar-refractivity contribution in [2.24, 2.45) is 0 Å². The van der Waals surface area contributed by atoms with E-state index in [9.17, 15) is 19.2 Å². The maximum Gasteiger partial charge on any atom is 0.331 e. The minimum Gasteiger partial charge on any atom is -0.464 e. The number of esters is 2. The van der Waals surface area contributed by atoms with Crippen molar-refractivity contribution < 1.29 is 28.7 Å². The topological polar surface area (TPSA) is 98.8 Å². The molecule has 0 aliphatic carbocycles. The maximum absolute atomic E-state index is 12.6. The Hall–Kier alpha value is -3.13. The summed E-state index contributed by atoms with van der Waals surface area (Å²) in [6, 6.07) is 15.2. The van der Waals surface area contributed by atoms with Gasteiger partial charge in [0.2, 0.25) is 5.91 Å². The number of carbonyl (C=O) groups is 4. The summed E-state index contributed by atoms with van der Waals surface area (Å²) < 4.78 is 10.2. The van der Waals surface area contributed by atoms with E-state index in [1.165, 1.54) is 6.92 Å². The van der Waals surface area contributed by atoms with Crippen molar-refractivity contribution in [3.8, 4) is 0 Å². The Morgan fingerprint density at radius 1 is 0.889 bits per heavy atom. The van der Waals surface area contributed by atoms with E-state index in [-0.39, 0.29) is 30.9 Å². The summed E-state index contributed by atoms with van der Waals surface area (Å²) in [5.41, 5.74) is 0.507. The molecule has 1 amide bonds. The Kier molecular flexibility index (Phi) is 11.7. The molecule has 7 nitrogen and oxygen atoms in total. The standard InChI is InChI=1S/C28H35NO6S/c1-5-8-26(32)35-19-25(31)22-11-15-24(16-12-22)36-23-13-9-21(10-14-23)17-18-28(6-2,29-20(4)30)27(33)34-7-3/h9-16H,5-8,17-19H2,1-4H3,(H,29,30). The van der Waals surface area contributed by atoms with Crippen LogP contribution < -0.4 is 5.32 Å². The van der Waals surface area contributed by atoms with Gasteiger partial charge in [0.1, 0.15) is 5.54 Å². The van der Waals surface area contributed by atoms with Gasteiger partial charge >= 0.3 is 11.9 Å². The molecule has 0 aliphatic rings. The smallest absolute Gasteiger partial charge is 0.331 e. The molecule has 2 rings (SSSR count). The Morgan fingerprint density at radius 2 is 1.50 bits per heavy atom. The fourth-order valence-corrected chi connectivity index (χ4v) is 4.48. The fourth-order valence-electron chi connectivity index (χ4n) is 3.66. The molecule has 0 fully saturated rings. The molecule has 194 valence electrons. The molecule has 2 aromatic carbocycles. The highest BCUT2D eigenvalue weighted by Crippen LogP contribution is 2.29. The van der Waals surface area contributed by atoms with Crippen LogP contribution in [-0.4, -0.2) is 42.4 Å². The number of ether oxygens (including phenoxy) is 2. The summed E-state index contributed by atoms with van der Waals surface area (Å²) in [7, 11) is 0. The van der Waals surface area contributed by atoms with E-state index >= 15 is 0 Å². The first-order chi connectivity index (χ1) is 17.2. The van der Waals surface area contributed by atoms with E-state index in [0.717, 1.165) is 15.4 Å². The van der Waals surface area contributed by atoms with Gasteiger partial charge in [0.25, 0.3) is 0 Å². The van der Waals surface area contributed by atoms with Crippen LogP contribution >= 0.6 is 11.8 Å². The summed E-state index contributed by atoms with van der Waals surface area (Å²) in [5, 5.41) is 2.81. The number of benzene rings is 2. The van der Waals surface area contributed by atoms with Gasteiger partial charge in [-0.15, -0.1) is 0 Å². The lowest BCUT2D eigenvalue weighted by molar-refractivity contribution is -0.153. The van der Waals surface area contributed by atoms with Crippen LogP contribution in [0.2, 0.25) is 0 Å². The predicted octanol–water partition coefficient (Wildman–Crippen LogP) is 5.14. The lowest BCUT2D eigenvalue weighted by Gasteiger charge is -2.31. The van der Waals surface area contributed by atoms with E-state index in [1.54, 1.807) is 30.8 Å². The summed E-state index contributed by atoms with van der Waals surface area (Å²) >= 11 is 1.56. The van der Waals surface area contributed by atoms with E-state index in [4.69, 9.17) is 9.47 Å². The molecular weight excluding hydrogens is 478 g/mol. The second kappa shape index (κ2) is 14.4. The third kappa shape index (κ3) is 8.82. The third-order valence-corrected chi connectivity index (χ3v) is 6.69. The van der Waals surface area contributed by atoms with Crippen molar-refractivity contribution in [2.45, 2.75) is 75.1 Å². The molecule has 0 heterocycles. The number of carbonyl (C=O) groups excluding carboxylic acids is 4. The van der Waals surface area contributed by atoms with Gasteiger partial charge in [0, 0.05) is 28.7 Å². The zero-order valence-corrected chi connectivity index (χ0v) is 22.2. The molecule has 0 bridgehead atoms. The molecule has 2 aromatic rings. The number of Topliss-reactive ketones (excluding diaryl/α,β-unsaturated/α-hetero) is 1. The summed E-state index contributed by atoms with van der Waals surface area (Å²) in [5.74, 6) is -1.26. The first kappa shape index (κ1) is 29.1. The summed E-state index contributed by atoms with van der Waals surface area (Å²) in [6.07, 6.45) is 2.49. The van der Waals surface area contributed by atoms with Gasteiger partial charge in [-0.1, -0.05) is 49.9 Å².